The molecular weight excluding hydrogens is 871 g/mol. The zero-order chi connectivity index (χ0) is 47.2. The van der Waals surface area contributed by atoms with E-state index in [2.05, 4.69) is 34.8 Å². The zero-order valence-electron chi connectivity index (χ0n) is 39.6. The SMILES string of the molecule is Cc1ncsc1-c1ccc(CNC(=O)C2CC(O)CN2C(=O)C(NC(=O)CCOCCOCCNC(=O)OCCCC2OC3OC4(C)CCC5C(C)CCC(C2C)C35OO4)C(C)(C)C)cc1. The molecule has 4 amide bonds. The van der Waals surface area contributed by atoms with Crippen LogP contribution in [0.2, 0.25) is 0 Å². The van der Waals surface area contributed by atoms with Gasteiger partial charge >= 0.3 is 6.09 Å². The highest BCUT2D eigenvalue weighted by molar-refractivity contribution is 7.13. The topological polar surface area (TPSA) is 205 Å². The van der Waals surface area contributed by atoms with Crippen LogP contribution in [0, 0.1) is 36.0 Å². The molecule has 6 aliphatic rings. The van der Waals surface area contributed by atoms with Gasteiger partial charge in [0.2, 0.25) is 23.5 Å². The summed E-state index contributed by atoms with van der Waals surface area (Å²) in [6.07, 6.45) is 3.53. The van der Waals surface area contributed by atoms with Gasteiger partial charge in [-0.25, -0.2) is 19.6 Å². The Morgan fingerprint density at radius 3 is 2.47 bits per heavy atom. The van der Waals surface area contributed by atoms with Gasteiger partial charge in [0.05, 0.1) is 61.3 Å². The molecule has 11 unspecified atom stereocenters. The van der Waals surface area contributed by atoms with Crippen molar-refractivity contribution >= 4 is 35.2 Å². The molecule has 1 aliphatic carbocycles. The second-order valence-electron chi connectivity index (χ2n) is 20.1. The monoisotopic (exact) mass is 941 g/mol. The highest BCUT2D eigenvalue weighted by Gasteiger charge is 2.69. The molecule has 6 heterocycles. The first kappa shape index (κ1) is 50.1. The number of hydrogen-bond donors (Lipinski definition) is 4. The van der Waals surface area contributed by atoms with Crippen LogP contribution in [0.25, 0.3) is 10.4 Å². The van der Waals surface area contributed by atoms with Crippen molar-refractivity contribution in [2.45, 2.75) is 148 Å². The quantitative estimate of drug-likeness (QED) is 0.103. The molecule has 6 fully saturated rings. The van der Waals surface area contributed by atoms with Crippen LogP contribution in [0.3, 0.4) is 0 Å². The number of carbonyl (C=O) groups excluding carboxylic acids is 4. The van der Waals surface area contributed by atoms with Crippen LogP contribution < -0.4 is 16.0 Å². The number of fused-ring (bicyclic) bond motifs is 2. The minimum Gasteiger partial charge on any atom is -0.450 e. The molecule has 1 saturated carbocycles. The van der Waals surface area contributed by atoms with Crippen molar-refractivity contribution in [3.05, 3.63) is 41.0 Å². The molecule has 1 spiro atoms. The highest BCUT2D eigenvalue weighted by atomic mass is 32.1. The first-order valence-electron chi connectivity index (χ1n) is 23.8. The number of alkyl carbamates (subject to hydrolysis) is 1. The normalized spacial score (nSPS) is 30.8. The number of thiazole rings is 1. The molecule has 2 aromatic rings. The number of aromatic nitrogens is 1. The Bertz CT molecular complexity index is 1980. The van der Waals surface area contributed by atoms with Gasteiger partial charge in [0.25, 0.3) is 0 Å². The molecule has 4 N–H and O–H groups in total. The van der Waals surface area contributed by atoms with Crippen molar-refractivity contribution in [3.8, 4) is 10.4 Å². The van der Waals surface area contributed by atoms with Crippen LogP contribution >= 0.6 is 11.3 Å². The molecular formula is C48H71N5O12S. The van der Waals surface area contributed by atoms with Crippen molar-refractivity contribution in [2.24, 2.45) is 29.1 Å². The summed E-state index contributed by atoms with van der Waals surface area (Å²) in [5, 5.41) is 19.0. The van der Waals surface area contributed by atoms with Crippen molar-refractivity contribution in [3.63, 3.8) is 0 Å². The summed E-state index contributed by atoms with van der Waals surface area (Å²) >= 11 is 1.57. The lowest BCUT2D eigenvalue weighted by Gasteiger charge is -2.60. The van der Waals surface area contributed by atoms with Crippen molar-refractivity contribution in [1.29, 1.82) is 0 Å². The van der Waals surface area contributed by atoms with Crippen LogP contribution in [0.5, 0.6) is 0 Å². The third-order valence-electron chi connectivity index (χ3n) is 14.2. The summed E-state index contributed by atoms with van der Waals surface area (Å²) in [4.78, 5) is 71.7. The highest BCUT2D eigenvalue weighted by Crippen LogP contribution is 2.60. The molecule has 1 aromatic heterocycles. The molecule has 8 rings (SSSR count). The fourth-order valence-electron chi connectivity index (χ4n) is 10.5. The number of likely N-dealkylation sites (tertiary alicyclic amines) is 1. The number of ether oxygens (including phenoxy) is 5. The van der Waals surface area contributed by atoms with Crippen LogP contribution in [0.4, 0.5) is 4.79 Å². The molecule has 17 nitrogen and oxygen atoms in total. The Hall–Kier alpha value is -3.75. The number of hydrogen-bond acceptors (Lipinski definition) is 14. The molecule has 366 valence electrons. The first-order valence-corrected chi connectivity index (χ1v) is 24.7. The van der Waals surface area contributed by atoms with Gasteiger partial charge in [0.1, 0.15) is 12.1 Å². The molecule has 66 heavy (non-hydrogen) atoms. The van der Waals surface area contributed by atoms with Crippen LogP contribution in [0.1, 0.15) is 104 Å². The zero-order valence-corrected chi connectivity index (χ0v) is 40.5. The van der Waals surface area contributed by atoms with Gasteiger partial charge < -0.3 is 49.6 Å². The number of amides is 4. The van der Waals surface area contributed by atoms with Crippen LogP contribution in [0.15, 0.2) is 29.8 Å². The van der Waals surface area contributed by atoms with E-state index in [0.717, 1.165) is 53.8 Å². The van der Waals surface area contributed by atoms with Gasteiger partial charge in [0.15, 0.2) is 11.9 Å². The van der Waals surface area contributed by atoms with E-state index < -0.39 is 53.3 Å². The van der Waals surface area contributed by atoms with Gasteiger partial charge in [0, 0.05) is 44.8 Å². The number of carbonyl (C=O) groups is 4. The van der Waals surface area contributed by atoms with Crippen LogP contribution in [-0.2, 0) is 54.4 Å². The Morgan fingerprint density at radius 2 is 1.74 bits per heavy atom. The van der Waals surface area contributed by atoms with Gasteiger partial charge in [-0.05, 0) is 80.2 Å². The molecule has 0 radical (unpaired) electrons. The van der Waals surface area contributed by atoms with Gasteiger partial charge in [-0.2, -0.15) is 0 Å². The number of aliphatic hydroxyl groups excluding tert-OH is 1. The maximum atomic E-state index is 14.0. The Labute approximate surface area is 392 Å². The lowest BCUT2D eigenvalue weighted by atomic mass is 9.57. The summed E-state index contributed by atoms with van der Waals surface area (Å²) in [6.45, 7) is 15.5. The van der Waals surface area contributed by atoms with E-state index in [1.165, 1.54) is 4.90 Å². The van der Waals surface area contributed by atoms with Crippen molar-refractivity contribution < 1.29 is 57.7 Å². The Morgan fingerprint density at radius 1 is 0.985 bits per heavy atom. The van der Waals surface area contributed by atoms with E-state index in [9.17, 15) is 24.3 Å². The number of rotatable bonds is 19. The molecule has 11 atom stereocenters. The predicted octanol–water partition coefficient (Wildman–Crippen LogP) is 5.41. The predicted molar refractivity (Wildman–Crippen MR) is 243 cm³/mol. The van der Waals surface area contributed by atoms with E-state index in [0.29, 0.717) is 18.3 Å². The Kier molecular flexibility index (Phi) is 16.5. The lowest BCUT2D eigenvalue weighted by molar-refractivity contribution is -0.571. The standard InChI is InChI=1S/C48H71N5O12S/c1-29-10-15-36-30(2)38(62-44-48(36)35(29)16-18-47(7,63-44)64-65-48)9-8-20-61-45(58)49-19-22-60-24-23-59-21-17-39(55)52-41(46(4,5)6)43(57)53-27-34(54)25-37(53)42(56)50-26-32-11-13-33(14-12-32)40-31(3)51-28-66-40/h11-14,28-30,34-38,41,44,54H,8-10,15-27H2,1-7H3,(H,49,58)(H,50,56)(H,52,55). The number of nitrogens with zero attached hydrogens (tertiary/aromatic N) is 2. The Balaban J connectivity index is 0.745. The average molecular weight is 942 g/mol. The van der Waals surface area contributed by atoms with Gasteiger partial charge in [-0.15, -0.1) is 11.3 Å². The van der Waals surface area contributed by atoms with Gasteiger partial charge in [-0.3, -0.25) is 14.4 Å². The van der Waals surface area contributed by atoms with E-state index in [-0.39, 0.29) is 95.3 Å². The molecule has 5 saturated heterocycles. The van der Waals surface area contributed by atoms with E-state index in [1.807, 2.05) is 64.4 Å². The lowest BCUT2D eigenvalue weighted by Crippen LogP contribution is -2.70. The van der Waals surface area contributed by atoms with Crippen LogP contribution in [-0.4, -0.2) is 127 Å². The second-order valence-corrected chi connectivity index (χ2v) is 20.9. The van der Waals surface area contributed by atoms with Crippen molar-refractivity contribution in [2.75, 3.05) is 46.1 Å². The maximum Gasteiger partial charge on any atom is 0.407 e. The summed E-state index contributed by atoms with van der Waals surface area (Å²) in [5.74, 6) is -0.662. The maximum absolute atomic E-state index is 14.0. The fraction of sp³-hybridized carbons (Fsp3) is 0.729. The van der Waals surface area contributed by atoms with E-state index in [4.69, 9.17) is 33.5 Å². The molecule has 5 aliphatic heterocycles. The van der Waals surface area contributed by atoms with Gasteiger partial charge in [-0.1, -0.05) is 58.9 Å². The number of aryl methyl sites for hydroxylation is 1. The largest absolute Gasteiger partial charge is 0.450 e. The smallest absolute Gasteiger partial charge is 0.407 e. The fourth-order valence-corrected chi connectivity index (χ4v) is 11.3. The number of benzene rings is 1. The number of nitrogens with one attached hydrogen (secondary N) is 3. The number of β-amino-alcohol motifs (C(OH)–C–C–N with tert-alkyl or cyclic N) is 1. The summed E-state index contributed by atoms with van der Waals surface area (Å²) in [6, 6.07) is 6.05. The third kappa shape index (κ3) is 11.6. The molecule has 18 heteroatoms. The average Bonchev–Trinajstić information content (AvgIpc) is 3.82. The molecule has 2 bridgehead atoms. The first-order chi connectivity index (χ1) is 31.5. The van der Waals surface area contributed by atoms with E-state index >= 15 is 0 Å². The summed E-state index contributed by atoms with van der Waals surface area (Å²) in [5.41, 5.74) is 3.45. The summed E-state index contributed by atoms with van der Waals surface area (Å²) < 4.78 is 29.7. The van der Waals surface area contributed by atoms with Crippen molar-refractivity contribution in [1.82, 2.24) is 25.8 Å². The second kappa shape index (κ2) is 21.7. The third-order valence-corrected chi connectivity index (χ3v) is 15.2. The molecule has 1 aromatic carbocycles. The van der Waals surface area contributed by atoms with E-state index in [1.54, 1.807) is 11.3 Å². The number of aliphatic hydroxyl groups is 1. The minimum atomic E-state index is -0.941. The minimum absolute atomic E-state index is 0.00517. The summed E-state index contributed by atoms with van der Waals surface area (Å²) in [7, 11) is 0.